The fourth-order valence-electron chi connectivity index (χ4n) is 2.67. The van der Waals surface area contributed by atoms with Crippen molar-refractivity contribution in [2.24, 2.45) is 0 Å². The number of rotatable bonds is 2. The van der Waals surface area contributed by atoms with Gasteiger partial charge in [-0.25, -0.2) is 0 Å². The molecule has 0 radical (unpaired) electrons. The quantitative estimate of drug-likeness (QED) is 0.717. The highest BCUT2D eigenvalue weighted by Gasteiger charge is 2.35. The van der Waals surface area contributed by atoms with Crippen LogP contribution >= 0.6 is 0 Å². The molecule has 0 spiro atoms. The average Bonchev–Trinajstić information content (AvgIpc) is 2.86. The van der Waals surface area contributed by atoms with Gasteiger partial charge in [0.15, 0.2) is 5.78 Å². The van der Waals surface area contributed by atoms with Crippen LogP contribution in [-0.4, -0.2) is 47.5 Å². The van der Waals surface area contributed by atoms with Gasteiger partial charge in [-0.05, 0) is 31.5 Å². The van der Waals surface area contributed by atoms with Crippen molar-refractivity contribution in [3.05, 3.63) is 30.1 Å². The normalized spacial score (nSPS) is 28.9. The molecule has 0 amide bonds. The molecule has 3 heterocycles. The first-order valence-electron chi connectivity index (χ1n) is 6.14. The Morgan fingerprint density at radius 1 is 1.53 bits per heavy atom. The van der Waals surface area contributed by atoms with E-state index in [1.165, 1.54) is 12.8 Å². The summed E-state index contributed by atoms with van der Waals surface area (Å²) in [6.07, 6.45) is 5.40. The van der Waals surface area contributed by atoms with Crippen LogP contribution in [0.25, 0.3) is 0 Å². The number of morpholine rings is 1. The highest BCUT2D eigenvalue weighted by molar-refractivity contribution is 5.99. The minimum atomic E-state index is -0.312. The molecule has 2 fully saturated rings. The topological polar surface area (TPSA) is 42.4 Å². The van der Waals surface area contributed by atoms with E-state index in [1.54, 1.807) is 24.5 Å². The summed E-state index contributed by atoms with van der Waals surface area (Å²) >= 11 is 0. The van der Waals surface area contributed by atoms with Gasteiger partial charge in [0.25, 0.3) is 0 Å². The molecule has 0 saturated carbocycles. The number of ether oxygens (including phenoxy) is 1. The predicted molar refractivity (Wildman–Crippen MR) is 62.9 cm³/mol. The number of hydrogen-bond acceptors (Lipinski definition) is 4. The fraction of sp³-hybridized carbons (Fsp3) is 0.538. The Bertz CT molecular complexity index is 407. The van der Waals surface area contributed by atoms with E-state index in [0.717, 1.165) is 13.1 Å². The minimum Gasteiger partial charge on any atom is -0.367 e. The summed E-state index contributed by atoms with van der Waals surface area (Å²) in [4.78, 5) is 18.6. The van der Waals surface area contributed by atoms with Crippen LogP contribution in [-0.2, 0) is 4.74 Å². The van der Waals surface area contributed by atoms with Crippen molar-refractivity contribution >= 4 is 5.78 Å². The molecule has 3 rings (SSSR count). The molecule has 2 unspecified atom stereocenters. The zero-order valence-electron chi connectivity index (χ0n) is 9.71. The van der Waals surface area contributed by atoms with Crippen molar-refractivity contribution in [3.8, 4) is 0 Å². The molecule has 0 N–H and O–H groups in total. The molecular formula is C13H16N2O2. The van der Waals surface area contributed by atoms with Crippen molar-refractivity contribution in [2.45, 2.75) is 25.0 Å². The van der Waals surface area contributed by atoms with E-state index >= 15 is 0 Å². The first kappa shape index (κ1) is 10.9. The zero-order chi connectivity index (χ0) is 11.7. The van der Waals surface area contributed by atoms with Crippen LogP contribution in [0.2, 0.25) is 0 Å². The maximum absolute atomic E-state index is 12.2. The number of Topliss-reactive ketones (excluding diaryl/α,β-unsaturated/α-hetero) is 1. The van der Waals surface area contributed by atoms with Crippen LogP contribution in [0.3, 0.4) is 0 Å². The van der Waals surface area contributed by atoms with E-state index in [1.807, 2.05) is 0 Å². The number of carbonyl (C=O) groups excluding carboxylic acids is 1. The SMILES string of the molecule is O=C(c1cccnc1)C1CN2CCCC2CO1. The molecule has 2 aliphatic rings. The van der Waals surface area contributed by atoms with Gasteiger partial charge in [-0.2, -0.15) is 0 Å². The van der Waals surface area contributed by atoms with Gasteiger partial charge in [0.2, 0.25) is 0 Å². The Morgan fingerprint density at radius 2 is 2.47 bits per heavy atom. The van der Waals surface area contributed by atoms with Gasteiger partial charge in [0.1, 0.15) is 6.10 Å². The van der Waals surface area contributed by atoms with Gasteiger partial charge >= 0.3 is 0 Å². The van der Waals surface area contributed by atoms with Crippen LogP contribution in [0, 0.1) is 0 Å². The molecule has 2 saturated heterocycles. The number of fused-ring (bicyclic) bond motifs is 1. The number of pyridine rings is 1. The van der Waals surface area contributed by atoms with E-state index in [9.17, 15) is 4.79 Å². The summed E-state index contributed by atoms with van der Waals surface area (Å²) in [6, 6.07) is 4.12. The maximum atomic E-state index is 12.2. The zero-order valence-corrected chi connectivity index (χ0v) is 9.71. The Labute approximate surface area is 101 Å². The van der Waals surface area contributed by atoms with Crippen LogP contribution in [0.5, 0.6) is 0 Å². The summed E-state index contributed by atoms with van der Waals surface area (Å²) in [6.45, 7) is 2.53. The second-order valence-corrected chi connectivity index (χ2v) is 4.72. The smallest absolute Gasteiger partial charge is 0.194 e. The summed E-state index contributed by atoms with van der Waals surface area (Å²) in [5.74, 6) is 0.0588. The lowest BCUT2D eigenvalue weighted by atomic mass is 10.1. The molecule has 1 aromatic heterocycles. The van der Waals surface area contributed by atoms with E-state index in [2.05, 4.69) is 9.88 Å². The second kappa shape index (κ2) is 4.55. The van der Waals surface area contributed by atoms with E-state index in [4.69, 9.17) is 4.74 Å². The lowest BCUT2D eigenvalue weighted by Crippen LogP contribution is -2.49. The number of aromatic nitrogens is 1. The fourth-order valence-corrected chi connectivity index (χ4v) is 2.67. The number of hydrogen-bond donors (Lipinski definition) is 0. The molecule has 1 aromatic rings. The number of nitrogens with zero attached hydrogens (tertiary/aromatic N) is 2. The van der Waals surface area contributed by atoms with E-state index < -0.39 is 0 Å². The number of carbonyl (C=O) groups is 1. The Hall–Kier alpha value is -1.26. The van der Waals surface area contributed by atoms with E-state index in [-0.39, 0.29) is 11.9 Å². The molecule has 17 heavy (non-hydrogen) atoms. The molecule has 4 nitrogen and oxygen atoms in total. The third kappa shape index (κ3) is 2.10. The van der Waals surface area contributed by atoms with Crippen molar-refractivity contribution < 1.29 is 9.53 Å². The molecule has 0 bridgehead atoms. The standard InChI is InChI=1S/C13H16N2O2/c16-13(10-3-1-5-14-7-10)12-8-15-6-2-4-11(15)9-17-12/h1,3,5,7,11-12H,2,4,6,8-9H2. The van der Waals surface area contributed by atoms with Gasteiger partial charge in [-0.3, -0.25) is 14.7 Å². The first-order chi connectivity index (χ1) is 8.34. The lowest BCUT2D eigenvalue weighted by molar-refractivity contribution is -0.0344. The van der Waals surface area contributed by atoms with Crippen molar-refractivity contribution in [3.63, 3.8) is 0 Å². The molecule has 4 heteroatoms. The van der Waals surface area contributed by atoms with Gasteiger partial charge in [0.05, 0.1) is 6.61 Å². The van der Waals surface area contributed by atoms with Crippen LogP contribution in [0.15, 0.2) is 24.5 Å². The van der Waals surface area contributed by atoms with Gasteiger partial charge in [0, 0.05) is 30.5 Å². The van der Waals surface area contributed by atoms with Gasteiger partial charge in [-0.15, -0.1) is 0 Å². The highest BCUT2D eigenvalue weighted by Crippen LogP contribution is 2.23. The summed E-state index contributed by atoms with van der Waals surface area (Å²) in [5.41, 5.74) is 0.648. The van der Waals surface area contributed by atoms with Crippen molar-refractivity contribution in [1.29, 1.82) is 0 Å². The summed E-state index contributed by atoms with van der Waals surface area (Å²) in [5, 5.41) is 0. The largest absolute Gasteiger partial charge is 0.367 e. The highest BCUT2D eigenvalue weighted by atomic mass is 16.5. The van der Waals surface area contributed by atoms with Crippen molar-refractivity contribution in [2.75, 3.05) is 19.7 Å². The van der Waals surface area contributed by atoms with Crippen LogP contribution < -0.4 is 0 Å². The summed E-state index contributed by atoms with van der Waals surface area (Å²) in [7, 11) is 0. The monoisotopic (exact) mass is 232 g/mol. The van der Waals surface area contributed by atoms with Gasteiger partial charge in [-0.1, -0.05) is 0 Å². The molecule has 2 atom stereocenters. The second-order valence-electron chi connectivity index (χ2n) is 4.72. The molecule has 2 aliphatic heterocycles. The summed E-state index contributed by atoms with van der Waals surface area (Å²) < 4.78 is 5.69. The predicted octanol–water partition coefficient (Wildman–Crippen LogP) is 1.13. The third-order valence-corrected chi connectivity index (χ3v) is 3.63. The minimum absolute atomic E-state index is 0.0588. The van der Waals surface area contributed by atoms with Crippen LogP contribution in [0.4, 0.5) is 0 Å². The molecule has 0 aliphatic carbocycles. The van der Waals surface area contributed by atoms with Crippen LogP contribution in [0.1, 0.15) is 23.2 Å². The third-order valence-electron chi connectivity index (χ3n) is 3.63. The van der Waals surface area contributed by atoms with Crippen molar-refractivity contribution in [1.82, 2.24) is 9.88 Å². The molecule has 90 valence electrons. The van der Waals surface area contributed by atoms with E-state index in [0.29, 0.717) is 18.2 Å². The Morgan fingerprint density at radius 3 is 3.29 bits per heavy atom. The Balaban J connectivity index is 1.71. The lowest BCUT2D eigenvalue weighted by Gasteiger charge is -2.34. The maximum Gasteiger partial charge on any atom is 0.194 e. The Kier molecular flexibility index (Phi) is 2.91. The molecule has 0 aromatic carbocycles. The first-order valence-corrected chi connectivity index (χ1v) is 6.14. The average molecular weight is 232 g/mol. The number of ketones is 1. The molecular weight excluding hydrogens is 216 g/mol. The van der Waals surface area contributed by atoms with Gasteiger partial charge < -0.3 is 4.74 Å².